The van der Waals surface area contributed by atoms with Crippen LogP contribution in [0, 0.1) is 11.8 Å². The number of carbonyl (C=O) groups is 1. The van der Waals surface area contributed by atoms with Gasteiger partial charge in [-0.1, -0.05) is 55.8 Å². The Morgan fingerprint density at radius 2 is 1.86 bits per heavy atom. The average Bonchev–Trinajstić information content (AvgIpc) is 2.63. The summed E-state index contributed by atoms with van der Waals surface area (Å²) in [5.41, 5.74) is 0.0760. The van der Waals surface area contributed by atoms with E-state index in [0.717, 1.165) is 12.8 Å². The molecule has 8 heteroatoms. The zero-order valence-corrected chi connectivity index (χ0v) is 15.9. The van der Waals surface area contributed by atoms with Crippen molar-refractivity contribution >= 4 is 11.6 Å². The summed E-state index contributed by atoms with van der Waals surface area (Å²) in [6, 6.07) is 6.62. The fourth-order valence-corrected chi connectivity index (χ4v) is 2.69. The molecule has 28 heavy (non-hydrogen) atoms. The first-order valence-electron chi connectivity index (χ1n) is 9.07. The lowest BCUT2D eigenvalue weighted by Crippen LogP contribution is -2.37. The Hall–Kier alpha value is -2.53. The minimum Gasteiger partial charge on any atom is -0.411 e. The maximum atomic E-state index is 12.2. The number of benzene rings is 1. The smallest absolute Gasteiger partial charge is 0.411 e. The van der Waals surface area contributed by atoms with Crippen LogP contribution in [0.1, 0.15) is 57.1 Å². The van der Waals surface area contributed by atoms with Gasteiger partial charge in [-0.15, -0.1) is 0 Å². The Bertz CT molecular complexity index is 743. The first-order valence-corrected chi connectivity index (χ1v) is 9.07. The molecule has 0 aliphatic rings. The highest BCUT2D eigenvalue weighted by atomic mass is 19.4. The predicted octanol–water partition coefficient (Wildman–Crippen LogP) is 3.62. The first-order chi connectivity index (χ1) is 13.1. The molecule has 0 aliphatic heterocycles. The SMILES string of the molecule is CCCC(O)(C#Cc1cccc(C(CCNC(=O)C(F)(F)F)=NO)c1)CCC. The number of hydrogen-bond donors (Lipinski definition) is 3. The van der Waals surface area contributed by atoms with Crippen LogP contribution < -0.4 is 5.32 Å². The summed E-state index contributed by atoms with van der Waals surface area (Å²) in [5.74, 6) is 3.76. The first kappa shape index (κ1) is 23.5. The molecular formula is C20H25F3N2O3. The molecule has 1 amide bonds. The Kier molecular flexibility index (Phi) is 9.00. The summed E-state index contributed by atoms with van der Waals surface area (Å²) in [7, 11) is 0. The topological polar surface area (TPSA) is 81.9 Å². The molecule has 0 aliphatic carbocycles. The van der Waals surface area contributed by atoms with Crippen LogP contribution in [-0.2, 0) is 4.79 Å². The number of hydrogen-bond acceptors (Lipinski definition) is 4. The Labute approximate surface area is 162 Å². The van der Waals surface area contributed by atoms with E-state index in [2.05, 4.69) is 17.0 Å². The largest absolute Gasteiger partial charge is 0.471 e. The van der Waals surface area contributed by atoms with E-state index in [1.54, 1.807) is 29.6 Å². The number of amides is 1. The molecule has 1 rings (SSSR count). The zero-order chi connectivity index (χ0) is 21.2. The summed E-state index contributed by atoms with van der Waals surface area (Å²) < 4.78 is 36.6. The molecule has 0 bridgehead atoms. The van der Waals surface area contributed by atoms with Gasteiger partial charge < -0.3 is 15.6 Å². The second-order valence-corrected chi connectivity index (χ2v) is 6.41. The fourth-order valence-electron chi connectivity index (χ4n) is 2.69. The average molecular weight is 398 g/mol. The van der Waals surface area contributed by atoms with Crippen LogP contribution in [0.5, 0.6) is 0 Å². The van der Waals surface area contributed by atoms with Gasteiger partial charge in [0, 0.05) is 24.1 Å². The van der Waals surface area contributed by atoms with Crippen molar-refractivity contribution in [3.63, 3.8) is 0 Å². The quantitative estimate of drug-likeness (QED) is 0.271. The van der Waals surface area contributed by atoms with Crippen molar-refractivity contribution in [2.75, 3.05) is 6.54 Å². The molecular weight excluding hydrogens is 373 g/mol. The maximum Gasteiger partial charge on any atom is 0.471 e. The predicted molar refractivity (Wildman–Crippen MR) is 100 cm³/mol. The number of aliphatic hydroxyl groups is 1. The normalized spacial score (nSPS) is 12.3. The second kappa shape index (κ2) is 10.7. The molecule has 154 valence electrons. The van der Waals surface area contributed by atoms with E-state index in [9.17, 15) is 28.3 Å². The van der Waals surface area contributed by atoms with Crippen LogP contribution in [0.3, 0.4) is 0 Å². The van der Waals surface area contributed by atoms with Crippen molar-refractivity contribution < 1.29 is 28.3 Å². The minimum absolute atomic E-state index is 0.0925. The van der Waals surface area contributed by atoms with E-state index >= 15 is 0 Å². The number of carbonyl (C=O) groups excluding carboxylic acids is 1. The molecule has 0 heterocycles. The Morgan fingerprint density at radius 1 is 1.21 bits per heavy atom. The summed E-state index contributed by atoms with van der Waals surface area (Å²) in [5, 5.41) is 24.6. The summed E-state index contributed by atoms with van der Waals surface area (Å²) in [6.07, 6.45) is -2.37. The highest BCUT2D eigenvalue weighted by Gasteiger charge is 2.38. The monoisotopic (exact) mass is 398 g/mol. The van der Waals surface area contributed by atoms with Crippen molar-refractivity contribution in [2.45, 2.75) is 57.7 Å². The van der Waals surface area contributed by atoms with Crippen molar-refractivity contribution in [3.05, 3.63) is 35.4 Å². The third-order valence-corrected chi connectivity index (χ3v) is 3.99. The number of alkyl halides is 3. The third kappa shape index (κ3) is 7.61. The number of halogens is 3. The van der Waals surface area contributed by atoms with E-state index in [4.69, 9.17) is 0 Å². The van der Waals surface area contributed by atoms with Gasteiger partial charge in [-0.25, -0.2) is 0 Å². The van der Waals surface area contributed by atoms with Gasteiger partial charge in [0.15, 0.2) is 0 Å². The second-order valence-electron chi connectivity index (χ2n) is 6.41. The highest BCUT2D eigenvalue weighted by Crippen LogP contribution is 2.19. The van der Waals surface area contributed by atoms with E-state index < -0.39 is 17.7 Å². The Morgan fingerprint density at radius 3 is 2.39 bits per heavy atom. The lowest BCUT2D eigenvalue weighted by atomic mass is 9.93. The molecule has 0 aromatic heterocycles. The van der Waals surface area contributed by atoms with Crippen molar-refractivity contribution in [1.29, 1.82) is 0 Å². The van der Waals surface area contributed by atoms with Crippen molar-refractivity contribution in [3.8, 4) is 11.8 Å². The van der Waals surface area contributed by atoms with Crippen molar-refractivity contribution in [2.24, 2.45) is 5.16 Å². The van der Waals surface area contributed by atoms with E-state index in [0.29, 0.717) is 24.0 Å². The maximum absolute atomic E-state index is 12.2. The van der Waals surface area contributed by atoms with Crippen LogP contribution in [0.25, 0.3) is 0 Å². The molecule has 0 radical (unpaired) electrons. The van der Waals surface area contributed by atoms with Gasteiger partial charge in [0.25, 0.3) is 0 Å². The lowest BCUT2D eigenvalue weighted by molar-refractivity contribution is -0.173. The van der Waals surface area contributed by atoms with Crippen LogP contribution in [0.4, 0.5) is 13.2 Å². The van der Waals surface area contributed by atoms with Gasteiger partial charge in [0.1, 0.15) is 5.60 Å². The number of nitrogens with one attached hydrogen (secondary N) is 1. The summed E-state index contributed by atoms with van der Waals surface area (Å²) >= 11 is 0. The molecule has 1 aromatic rings. The number of rotatable bonds is 8. The molecule has 0 saturated carbocycles. The standard InChI is InChI=1S/C20H25F3N2O3/c1-3-10-19(27,11-4-2)12-8-15-6-5-7-16(14-15)17(25-28)9-13-24-18(26)20(21,22)23/h5-7,14,27-28H,3-4,9-11,13H2,1-2H3,(H,24,26). The molecule has 5 nitrogen and oxygen atoms in total. The van der Waals surface area contributed by atoms with Gasteiger partial charge in [0.05, 0.1) is 5.71 Å². The van der Waals surface area contributed by atoms with Crippen molar-refractivity contribution in [1.82, 2.24) is 5.32 Å². The fraction of sp³-hybridized carbons (Fsp3) is 0.500. The highest BCUT2D eigenvalue weighted by molar-refractivity contribution is 6.00. The molecule has 0 saturated heterocycles. The number of oxime groups is 1. The molecule has 0 fully saturated rings. The molecule has 0 atom stereocenters. The zero-order valence-electron chi connectivity index (χ0n) is 15.9. The molecule has 0 spiro atoms. The van der Waals surface area contributed by atoms with Gasteiger partial charge in [0.2, 0.25) is 0 Å². The number of nitrogens with zero attached hydrogens (tertiary/aromatic N) is 1. The van der Waals surface area contributed by atoms with Gasteiger partial charge in [-0.2, -0.15) is 13.2 Å². The van der Waals surface area contributed by atoms with Gasteiger partial charge >= 0.3 is 12.1 Å². The Balaban J connectivity index is 2.88. The summed E-state index contributed by atoms with van der Waals surface area (Å²) in [6.45, 7) is 3.59. The van der Waals surface area contributed by atoms with Crippen LogP contribution in [-0.4, -0.2) is 40.3 Å². The van der Waals surface area contributed by atoms with Gasteiger partial charge in [-0.3, -0.25) is 4.79 Å². The summed E-state index contributed by atoms with van der Waals surface area (Å²) in [4.78, 5) is 10.8. The molecule has 1 aromatic carbocycles. The van der Waals surface area contributed by atoms with Crippen LogP contribution >= 0.6 is 0 Å². The van der Waals surface area contributed by atoms with Gasteiger partial charge in [-0.05, 0) is 25.0 Å². The third-order valence-electron chi connectivity index (χ3n) is 3.99. The minimum atomic E-state index is -4.96. The van der Waals surface area contributed by atoms with E-state index in [-0.39, 0.29) is 18.7 Å². The van der Waals surface area contributed by atoms with E-state index in [1.165, 1.54) is 0 Å². The van der Waals surface area contributed by atoms with Crippen LogP contribution in [0.2, 0.25) is 0 Å². The van der Waals surface area contributed by atoms with Crippen LogP contribution in [0.15, 0.2) is 29.4 Å². The lowest BCUT2D eigenvalue weighted by Gasteiger charge is -2.20. The molecule has 3 N–H and O–H groups in total. The van der Waals surface area contributed by atoms with E-state index in [1.807, 2.05) is 13.8 Å². The molecule has 0 unspecified atom stereocenters.